The van der Waals surface area contributed by atoms with E-state index in [1.165, 1.54) is 0 Å². The highest BCUT2D eigenvalue weighted by Crippen LogP contribution is 2.28. The van der Waals surface area contributed by atoms with Gasteiger partial charge in [-0.3, -0.25) is 9.97 Å². The fourth-order valence-electron chi connectivity index (χ4n) is 0.978. The molecule has 0 unspecified atom stereocenters. The highest BCUT2D eigenvalue weighted by molar-refractivity contribution is 9.13. The predicted molar refractivity (Wildman–Crippen MR) is 54.9 cm³/mol. The SMILES string of the molecule is Brc1ccc2nccnc2c1Br. The molecule has 12 heavy (non-hydrogen) atoms. The number of aromatic nitrogens is 2. The van der Waals surface area contributed by atoms with Gasteiger partial charge in [-0.25, -0.2) is 0 Å². The zero-order valence-corrected chi connectivity index (χ0v) is 9.13. The van der Waals surface area contributed by atoms with Gasteiger partial charge in [-0.1, -0.05) is 0 Å². The number of rotatable bonds is 0. The molecule has 2 nitrogen and oxygen atoms in total. The molecule has 0 saturated heterocycles. The van der Waals surface area contributed by atoms with Crippen molar-refractivity contribution in [1.29, 1.82) is 0 Å². The van der Waals surface area contributed by atoms with E-state index in [4.69, 9.17) is 0 Å². The third-order valence-corrected chi connectivity index (χ3v) is 3.53. The summed E-state index contributed by atoms with van der Waals surface area (Å²) >= 11 is 6.83. The lowest BCUT2D eigenvalue weighted by atomic mass is 10.3. The molecule has 4 heteroatoms. The van der Waals surface area contributed by atoms with Crippen LogP contribution in [0.5, 0.6) is 0 Å². The molecule has 0 atom stereocenters. The quantitative estimate of drug-likeness (QED) is 0.744. The monoisotopic (exact) mass is 286 g/mol. The smallest absolute Gasteiger partial charge is 0.104 e. The van der Waals surface area contributed by atoms with Crippen LogP contribution in [0.2, 0.25) is 0 Å². The van der Waals surface area contributed by atoms with Crippen LogP contribution in [-0.2, 0) is 0 Å². The maximum absolute atomic E-state index is 4.20. The standard InChI is InChI=1S/C8H4Br2N2/c9-5-1-2-6-8(7(5)10)12-4-3-11-6/h1-4H. The van der Waals surface area contributed by atoms with Crippen LogP contribution in [0.4, 0.5) is 0 Å². The summed E-state index contributed by atoms with van der Waals surface area (Å²) in [5.74, 6) is 0. The molecule has 0 aliphatic carbocycles. The second-order valence-electron chi connectivity index (χ2n) is 2.29. The van der Waals surface area contributed by atoms with Gasteiger partial charge in [0.25, 0.3) is 0 Å². The van der Waals surface area contributed by atoms with Crippen LogP contribution in [0.3, 0.4) is 0 Å². The van der Waals surface area contributed by atoms with Crippen LogP contribution in [0.15, 0.2) is 33.5 Å². The molecular formula is C8H4Br2N2. The van der Waals surface area contributed by atoms with E-state index in [1.54, 1.807) is 12.4 Å². The minimum Gasteiger partial charge on any atom is -0.253 e. The lowest BCUT2D eigenvalue weighted by Crippen LogP contribution is -1.83. The average Bonchev–Trinajstić information content (AvgIpc) is 2.12. The number of benzene rings is 1. The minimum atomic E-state index is 0.881. The van der Waals surface area contributed by atoms with E-state index in [9.17, 15) is 0 Å². The van der Waals surface area contributed by atoms with Crippen molar-refractivity contribution in [2.45, 2.75) is 0 Å². The van der Waals surface area contributed by atoms with Crippen LogP contribution in [0, 0.1) is 0 Å². The molecule has 1 heterocycles. The number of hydrogen-bond acceptors (Lipinski definition) is 2. The molecule has 1 aromatic heterocycles. The summed E-state index contributed by atoms with van der Waals surface area (Å²) in [4.78, 5) is 8.37. The first-order valence-corrected chi connectivity index (χ1v) is 4.92. The van der Waals surface area contributed by atoms with Crippen molar-refractivity contribution in [1.82, 2.24) is 9.97 Å². The summed E-state index contributed by atoms with van der Waals surface area (Å²) in [7, 11) is 0. The molecule has 0 spiro atoms. The maximum atomic E-state index is 4.20. The van der Waals surface area contributed by atoms with Crippen molar-refractivity contribution in [2.24, 2.45) is 0 Å². The Morgan fingerprint density at radius 1 is 1.00 bits per heavy atom. The fraction of sp³-hybridized carbons (Fsp3) is 0. The largest absolute Gasteiger partial charge is 0.253 e. The average molecular weight is 288 g/mol. The maximum Gasteiger partial charge on any atom is 0.104 e. The van der Waals surface area contributed by atoms with E-state index >= 15 is 0 Å². The van der Waals surface area contributed by atoms with Crippen LogP contribution in [-0.4, -0.2) is 9.97 Å². The highest BCUT2D eigenvalue weighted by Gasteiger charge is 2.02. The predicted octanol–water partition coefficient (Wildman–Crippen LogP) is 3.15. The van der Waals surface area contributed by atoms with E-state index in [-0.39, 0.29) is 0 Å². The first-order valence-electron chi connectivity index (χ1n) is 3.34. The van der Waals surface area contributed by atoms with Gasteiger partial charge in [0.2, 0.25) is 0 Å². The summed E-state index contributed by atoms with van der Waals surface area (Å²) < 4.78 is 1.95. The van der Waals surface area contributed by atoms with Gasteiger partial charge >= 0.3 is 0 Å². The zero-order valence-electron chi connectivity index (χ0n) is 5.96. The lowest BCUT2D eigenvalue weighted by molar-refractivity contribution is 1.28. The molecule has 0 aliphatic heterocycles. The molecule has 60 valence electrons. The third kappa shape index (κ3) is 1.25. The normalized spacial score (nSPS) is 10.5. The summed E-state index contributed by atoms with van der Waals surface area (Å²) in [5, 5.41) is 0. The Kier molecular flexibility index (Phi) is 2.11. The zero-order chi connectivity index (χ0) is 8.55. The van der Waals surface area contributed by atoms with Crippen LogP contribution >= 0.6 is 31.9 Å². The molecule has 0 aliphatic rings. The summed E-state index contributed by atoms with van der Waals surface area (Å²) in [6.07, 6.45) is 3.36. The lowest BCUT2D eigenvalue weighted by Gasteiger charge is -1.99. The summed E-state index contributed by atoms with van der Waals surface area (Å²) in [6, 6.07) is 3.87. The highest BCUT2D eigenvalue weighted by atomic mass is 79.9. The van der Waals surface area contributed by atoms with Crippen molar-refractivity contribution in [3.05, 3.63) is 33.5 Å². The Morgan fingerprint density at radius 3 is 2.58 bits per heavy atom. The Hall–Kier alpha value is -0.480. The van der Waals surface area contributed by atoms with Gasteiger partial charge in [0.15, 0.2) is 0 Å². The fourth-order valence-corrected chi connectivity index (χ4v) is 1.74. The van der Waals surface area contributed by atoms with Crippen molar-refractivity contribution < 1.29 is 0 Å². The van der Waals surface area contributed by atoms with Gasteiger partial charge in [-0.2, -0.15) is 0 Å². The van der Waals surface area contributed by atoms with E-state index in [0.717, 1.165) is 20.0 Å². The topological polar surface area (TPSA) is 25.8 Å². The van der Waals surface area contributed by atoms with Gasteiger partial charge < -0.3 is 0 Å². The molecule has 0 amide bonds. The number of hydrogen-bond donors (Lipinski definition) is 0. The number of halogens is 2. The number of nitrogens with zero attached hydrogens (tertiary/aromatic N) is 2. The van der Waals surface area contributed by atoms with Gasteiger partial charge in [-0.15, -0.1) is 0 Å². The first-order chi connectivity index (χ1) is 5.79. The Balaban J connectivity index is 2.91. The van der Waals surface area contributed by atoms with Crippen molar-refractivity contribution in [3.8, 4) is 0 Å². The molecule has 0 N–H and O–H groups in total. The molecule has 0 fully saturated rings. The molecule has 0 saturated carbocycles. The van der Waals surface area contributed by atoms with Gasteiger partial charge in [0.1, 0.15) is 5.52 Å². The summed E-state index contributed by atoms with van der Waals surface area (Å²) in [5.41, 5.74) is 1.78. The van der Waals surface area contributed by atoms with Crippen LogP contribution in [0.25, 0.3) is 11.0 Å². The number of fused-ring (bicyclic) bond motifs is 1. The minimum absolute atomic E-state index is 0.881. The van der Waals surface area contributed by atoms with Crippen molar-refractivity contribution >= 4 is 42.9 Å². The van der Waals surface area contributed by atoms with Gasteiger partial charge in [-0.05, 0) is 44.0 Å². The van der Waals surface area contributed by atoms with E-state index in [1.807, 2.05) is 12.1 Å². The van der Waals surface area contributed by atoms with Crippen LogP contribution in [0.1, 0.15) is 0 Å². The third-order valence-electron chi connectivity index (χ3n) is 1.53. The molecule has 2 rings (SSSR count). The Morgan fingerprint density at radius 2 is 1.75 bits per heavy atom. The van der Waals surface area contributed by atoms with E-state index < -0.39 is 0 Å². The molecule has 2 aromatic rings. The second-order valence-corrected chi connectivity index (χ2v) is 3.93. The molecule has 1 aromatic carbocycles. The van der Waals surface area contributed by atoms with Crippen molar-refractivity contribution in [2.75, 3.05) is 0 Å². The second kappa shape index (κ2) is 3.11. The van der Waals surface area contributed by atoms with Gasteiger partial charge in [0.05, 0.1) is 9.99 Å². The van der Waals surface area contributed by atoms with E-state index in [2.05, 4.69) is 41.8 Å². The summed E-state index contributed by atoms with van der Waals surface area (Å²) in [6.45, 7) is 0. The Bertz CT molecular complexity index is 428. The van der Waals surface area contributed by atoms with Gasteiger partial charge in [0, 0.05) is 16.9 Å². The molecular weight excluding hydrogens is 284 g/mol. The Labute approximate surface area is 86.3 Å². The van der Waals surface area contributed by atoms with Crippen molar-refractivity contribution in [3.63, 3.8) is 0 Å². The molecule has 0 radical (unpaired) electrons. The first kappa shape index (κ1) is 8.13. The van der Waals surface area contributed by atoms with E-state index in [0.29, 0.717) is 0 Å². The van der Waals surface area contributed by atoms with Crippen LogP contribution < -0.4 is 0 Å². The molecule has 0 bridgehead atoms.